The Morgan fingerprint density at radius 1 is 0.833 bits per heavy atom. The minimum Gasteiger partial charge on any atom is -0.453 e. The Balaban J connectivity index is 1.11. The van der Waals surface area contributed by atoms with Crippen molar-refractivity contribution in [2.24, 2.45) is 11.8 Å². The molecular weight excluding hydrogens is 767 g/mol. The molecule has 0 spiro atoms. The molecular formula is C44H55N9O7. The van der Waals surface area contributed by atoms with E-state index in [1.165, 1.54) is 21.1 Å². The minimum absolute atomic E-state index is 0.0180. The number of carbonyl (C=O) groups excluding carboxylic acids is 4. The molecule has 4 aromatic rings. The SMILES string of the molecule is COC(=O)N[C@@H](C(C)C)C(O)N1CCC[C@H]1c1ncc(-c2ccc(C#Cc3ccc(-c4c[nH]c([C@@H]5CN(C(C)=O)CCN5C(=O)[C@@H](NC(=O)OC)C(C)C)n4)cc3)cc2)[nH]1. The molecule has 6 rings (SSSR count). The van der Waals surface area contributed by atoms with E-state index in [1.54, 1.807) is 22.2 Å². The average molecular weight is 822 g/mol. The van der Waals surface area contributed by atoms with Gasteiger partial charge >= 0.3 is 12.2 Å². The lowest BCUT2D eigenvalue weighted by molar-refractivity contribution is -0.144. The predicted octanol–water partition coefficient (Wildman–Crippen LogP) is 4.81. The number of amides is 4. The lowest BCUT2D eigenvalue weighted by Crippen LogP contribution is -2.58. The minimum atomic E-state index is -0.905. The Hall–Kier alpha value is -6.18. The van der Waals surface area contributed by atoms with Crippen LogP contribution < -0.4 is 10.6 Å². The number of nitrogens with zero attached hydrogens (tertiary/aromatic N) is 5. The molecule has 2 aliphatic heterocycles. The van der Waals surface area contributed by atoms with Crippen LogP contribution in [0.15, 0.2) is 60.9 Å². The summed E-state index contributed by atoms with van der Waals surface area (Å²) in [6.45, 7) is 10.7. The molecule has 4 heterocycles. The number of methoxy groups -OCH3 is 2. The topological polar surface area (TPSA) is 198 Å². The fourth-order valence-corrected chi connectivity index (χ4v) is 7.74. The van der Waals surface area contributed by atoms with Gasteiger partial charge in [0.05, 0.1) is 43.9 Å². The van der Waals surface area contributed by atoms with Gasteiger partial charge in [0.15, 0.2) is 0 Å². The zero-order valence-electron chi connectivity index (χ0n) is 35.2. The molecule has 1 unspecified atom stereocenters. The van der Waals surface area contributed by atoms with Crippen molar-refractivity contribution in [1.82, 2.24) is 45.3 Å². The third-order valence-corrected chi connectivity index (χ3v) is 11.2. The van der Waals surface area contributed by atoms with Crippen molar-refractivity contribution in [3.05, 3.63) is 83.7 Å². The van der Waals surface area contributed by atoms with Gasteiger partial charge in [-0.25, -0.2) is 19.6 Å². The van der Waals surface area contributed by atoms with Crippen molar-refractivity contribution in [1.29, 1.82) is 0 Å². The summed E-state index contributed by atoms with van der Waals surface area (Å²) in [5.41, 5.74) is 4.99. The van der Waals surface area contributed by atoms with Crippen LogP contribution in [0.1, 0.15) is 82.3 Å². The van der Waals surface area contributed by atoms with E-state index in [0.717, 1.165) is 46.6 Å². The second-order valence-electron chi connectivity index (χ2n) is 15.8. The maximum absolute atomic E-state index is 13.8. The lowest BCUT2D eigenvalue weighted by atomic mass is 10.0. The van der Waals surface area contributed by atoms with Crippen molar-refractivity contribution in [2.75, 3.05) is 40.4 Å². The molecule has 2 aromatic carbocycles. The van der Waals surface area contributed by atoms with Crippen LogP contribution in [-0.4, -0.2) is 122 Å². The van der Waals surface area contributed by atoms with Crippen LogP contribution in [0, 0.1) is 23.7 Å². The van der Waals surface area contributed by atoms with Gasteiger partial charge in [0.1, 0.15) is 30.0 Å². The number of benzene rings is 2. The summed E-state index contributed by atoms with van der Waals surface area (Å²) in [5, 5.41) is 16.8. The average Bonchev–Trinajstić information content (AvgIpc) is 4.05. The zero-order chi connectivity index (χ0) is 43.1. The molecule has 16 heteroatoms. The van der Waals surface area contributed by atoms with Gasteiger partial charge in [0, 0.05) is 56.0 Å². The standard InChI is InChI=1S/C44H55N9O7/c1-26(2)37(49-43(57)59-6)41(55)52-20-8-9-35(52)39-45-23-33(47-39)31-16-12-29(13-17-31)10-11-30-14-18-32(19-15-30)34-24-46-40(48-34)36-25-51(28(5)54)21-22-53(36)42(56)38(27(3)4)50-44(58)60-7/h12-19,23-24,26-27,35-38,41,55H,8-9,20-22,25H2,1-7H3,(H,45,47)(H,46,48)(H,49,57)(H,50,58)/t35-,36-,37-,38-,41?/m0/s1. The van der Waals surface area contributed by atoms with Crippen molar-refractivity contribution < 1.29 is 33.8 Å². The highest BCUT2D eigenvalue weighted by Gasteiger charge is 2.40. The van der Waals surface area contributed by atoms with E-state index in [2.05, 4.69) is 37.4 Å². The Morgan fingerprint density at radius 3 is 2.07 bits per heavy atom. The summed E-state index contributed by atoms with van der Waals surface area (Å²) < 4.78 is 9.55. The second-order valence-corrected chi connectivity index (χ2v) is 15.8. The summed E-state index contributed by atoms with van der Waals surface area (Å²) in [6, 6.07) is 13.6. The number of aromatic nitrogens is 4. The maximum atomic E-state index is 13.8. The summed E-state index contributed by atoms with van der Waals surface area (Å²) in [6.07, 6.45) is 3.13. The number of likely N-dealkylation sites (tertiary alicyclic amines) is 1. The van der Waals surface area contributed by atoms with Crippen molar-refractivity contribution in [3.8, 4) is 34.4 Å². The quantitative estimate of drug-likeness (QED) is 0.131. The first-order valence-corrected chi connectivity index (χ1v) is 20.3. The normalized spacial score (nSPS) is 18.4. The number of carbonyl (C=O) groups is 4. The van der Waals surface area contributed by atoms with Crippen molar-refractivity contribution in [3.63, 3.8) is 0 Å². The molecule has 4 amide bonds. The van der Waals surface area contributed by atoms with Crippen molar-refractivity contribution >= 4 is 24.0 Å². The number of H-pyrrole nitrogens is 2. The van der Waals surface area contributed by atoms with Crippen LogP contribution in [0.3, 0.4) is 0 Å². The van der Waals surface area contributed by atoms with Gasteiger partial charge in [-0.05, 0) is 54.5 Å². The largest absolute Gasteiger partial charge is 0.453 e. The van der Waals surface area contributed by atoms with E-state index in [-0.39, 0.29) is 42.8 Å². The molecule has 16 nitrogen and oxygen atoms in total. The molecule has 318 valence electrons. The highest BCUT2D eigenvalue weighted by Crippen LogP contribution is 2.34. The lowest BCUT2D eigenvalue weighted by Gasteiger charge is -2.42. The zero-order valence-corrected chi connectivity index (χ0v) is 35.2. The van der Waals surface area contributed by atoms with Gasteiger partial charge in [-0.3, -0.25) is 14.5 Å². The third kappa shape index (κ3) is 9.98. The Morgan fingerprint density at radius 2 is 1.47 bits per heavy atom. The summed E-state index contributed by atoms with van der Waals surface area (Å²) in [7, 11) is 2.56. The van der Waals surface area contributed by atoms with E-state index in [1.807, 2.05) is 81.1 Å². The van der Waals surface area contributed by atoms with E-state index in [9.17, 15) is 24.3 Å². The Kier molecular flexibility index (Phi) is 13.9. The second kappa shape index (κ2) is 19.3. The fourth-order valence-electron chi connectivity index (χ4n) is 7.74. The van der Waals surface area contributed by atoms with Gasteiger partial charge < -0.3 is 45.0 Å². The molecule has 5 N–H and O–H groups in total. The van der Waals surface area contributed by atoms with E-state index >= 15 is 0 Å². The number of hydrogen-bond acceptors (Lipinski definition) is 10. The third-order valence-electron chi connectivity index (χ3n) is 11.2. The molecule has 0 bridgehead atoms. The van der Waals surface area contributed by atoms with Gasteiger partial charge in [-0.15, -0.1) is 0 Å². The summed E-state index contributed by atoms with van der Waals surface area (Å²) in [4.78, 5) is 71.8. The van der Waals surface area contributed by atoms with Crippen LogP contribution in [0.25, 0.3) is 22.5 Å². The molecule has 2 fully saturated rings. The van der Waals surface area contributed by atoms with E-state index < -0.39 is 36.5 Å². The number of rotatable bonds is 11. The molecule has 5 atom stereocenters. The van der Waals surface area contributed by atoms with Crippen molar-refractivity contribution in [2.45, 2.75) is 77.9 Å². The summed E-state index contributed by atoms with van der Waals surface area (Å²) in [5.74, 6) is 7.18. The number of aliphatic hydroxyl groups excluding tert-OH is 1. The number of ether oxygens (including phenoxy) is 2. The van der Waals surface area contributed by atoms with Crippen LogP contribution in [-0.2, 0) is 19.1 Å². The number of hydrogen-bond donors (Lipinski definition) is 5. The molecule has 0 saturated carbocycles. The smallest absolute Gasteiger partial charge is 0.407 e. The van der Waals surface area contributed by atoms with Gasteiger partial charge in [-0.1, -0.05) is 63.8 Å². The first-order chi connectivity index (χ1) is 28.8. The number of aliphatic hydroxyl groups is 1. The molecule has 2 aliphatic rings. The van der Waals surface area contributed by atoms with Crippen LogP contribution >= 0.6 is 0 Å². The highest BCUT2D eigenvalue weighted by atomic mass is 16.5. The monoisotopic (exact) mass is 821 g/mol. The first-order valence-electron chi connectivity index (χ1n) is 20.3. The van der Waals surface area contributed by atoms with Gasteiger partial charge in [0.2, 0.25) is 11.8 Å². The van der Waals surface area contributed by atoms with Gasteiger partial charge in [-0.2, -0.15) is 0 Å². The van der Waals surface area contributed by atoms with E-state index in [0.29, 0.717) is 24.6 Å². The molecule has 60 heavy (non-hydrogen) atoms. The van der Waals surface area contributed by atoms with Crippen LogP contribution in [0.5, 0.6) is 0 Å². The number of nitrogens with one attached hydrogen (secondary N) is 4. The Labute approximate surface area is 350 Å². The number of piperazine rings is 1. The van der Waals surface area contributed by atoms with Crippen LogP contribution in [0.2, 0.25) is 0 Å². The molecule has 0 aliphatic carbocycles. The molecule has 2 saturated heterocycles. The number of imidazole rings is 2. The predicted molar refractivity (Wildman–Crippen MR) is 224 cm³/mol. The number of aromatic amines is 2. The molecule has 0 radical (unpaired) electrons. The highest BCUT2D eigenvalue weighted by molar-refractivity contribution is 5.86. The van der Waals surface area contributed by atoms with E-state index in [4.69, 9.17) is 14.5 Å². The van der Waals surface area contributed by atoms with Crippen LogP contribution in [0.4, 0.5) is 9.59 Å². The first kappa shape index (κ1) is 43.4. The fraction of sp³-hybridized carbons (Fsp3) is 0.455. The Bertz CT molecular complexity index is 2190. The molecule has 2 aromatic heterocycles. The van der Waals surface area contributed by atoms with Gasteiger partial charge in [0.25, 0.3) is 0 Å². The maximum Gasteiger partial charge on any atom is 0.407 e. The summed E-state index contributed by atoms with van der Waals surface area (Å²) >= 11 is 0. The number of alkyl carbamates (subject to hydrolysis) is 2.